The Labute approximate surface area is 145 Å². The number of carbonyl (C=O) groups is 4. The summed E-state index contributed by atoms with van der Waals surface area (Å²) in [4.78, 5) is 53.2. The third kappa shape index (κ3) is 2.17. The molecule has 25 heavy (non-hydrogen) atoms. The summed E-state index contributed by atoms with van der Waals surface area (Å²) in [5, 5.41) is 0. The van der Waals surface area contributed by atoms with Gasteiger partial charge in [0.15, 0.2) is 11.5 Å². The smallest absolute Gasteiger partial charge is 0.304 e. The van der Waals surface area contributed by atoms with E-state index in [2.05, 4.69) is 0 Å². The van der Waals surface area contributed by atoms with E-state index in [0.717, 1.165) is 0 Å². The van der Waals surface area contributed by atoms with Crippen LogP contribution in [0.1, 0.15) is 20.3 Å². The van der Waals surface area contributed by atoms with Gasteiger partial charge in [-0.25, -0.2) is 0 Å². The summed E-state index contributed by atoms with van der Waals surface area (Å²) >= 11 is 0. The number of likely N-dealkylation sites (N-methyl/N-ethyl adjacent to an activating group) is 2. The first-order valence-electron chi connectivity index (χ1n) is 7.91. The zero-order valence-corrected chi connectivity index (χ0v) is 14.8. The molecular weight excluding hydrogens is 328 g/mol. The van der Waals surface area contributed by atoms with Crippen molar-refractivity contribution in [2.75, 3.05) is 27.7 Å². The number of piperazine rings is 1. The van der Waals surface area contributed by atoms with Gasteiger partial charge in [0.25, 0.3) is 5.91 Å². The SMILES string of the molecule is COC1=C(C)C(=O)C2=C(C1=O)[C@@H]1CN(C)C(=O)[C@](OC(C)=O)(C2)N1C. The number of nitrogens with zero attached hydrogens (tertiary/aromatic N) is 2. The minimum absolute atomic E-state index is 0.0247. The topological polar surface area (TPSA) is 93.2 Å². The molecule has 1 aliphatic carbocycles. The first-order chi connectivity index (χ1) is 11.7. The molecule has 2 heterocycles. The summed E-state index contributed by atoms with van der Waals surface area (Å²) in [6.45, 7) is 2.95. The van der Waals surface area contributed by atoms with E-state index in [9.17, 15) is 19.2 Å². The molecule has 0 aromatic rings. The van der Waals surface area contributed by atoms with Gasteiger partial charge in [-0.1, -0.05) is 0 Å². The maximum atomic E-state index is 12.9. The van der Waals surface area contributed by atoms with Crippen LogP contribution in [-0.2, 0) is 28.7 Å². The summed E-state index contributed by atoms with van der Waals surface area (Å²) in [6.07, 6.45) is -0.156. The van der Waals surface area contributed by atoms with Crippen molar-refractivity contribution in [3.05, 3.63) is 22.5 Å². The van der Waals surface area contributed by atoms with Gasteiger partial charge >= 0.3 is 5.97 Å². The number of hydrogen-bond donors (Lipinski definition) is 0. The maximum absolute atomic E-state index is 12.9. The van der Waals surface area contributed by atoms with Crippen molar-refractivity contribution >= 4 is 23.4 Å². The van der Waals surface area contributed by atoms with Crippen LogP contribution >= 0.6 is 0 Å². The van der Waals surface area contributed by atoms with Crippen LogP contribution in [0.15, 0.2) is 22.5 Å². The van der Waals surface area contributed by atoms with Crippen LogP contribution in [0.5, 0.6) is 0 Å². The molecule has 3 aliphatic rings. The van der Waals surface area contributed by atoms with Gasteiger partial charge in [-0.05, 0) is 14.0 Å². The molecule has 1 fully saturated rings. The Bertz CT molecular complexity index is 780. The molecule has 0 aromatic carbocycles. The van der Waals surface area contributed by atoms with Crippen LogP contribution in [0.2, 0.25) is 0 Å². The lowest BCUT2D eigenvalue weighted by Crippen LogP contribution is -2.72. The number of ether oxygens (including phenoxy) is 2. The van der Waals surface area contributed by atoms with Crippen molar-refractivity contribution < 1.29 is 28.7 Å². The number of carbonyl (C=O) groups excluding carboxylic acids is 4. The highest BCUT2D eigenvalue weighted by Gasteiger charge is 2.60. The second kappa shape index (κ2) is 5.52. The van der Waals surface area contributed by atoms with Crippen LogP contribution < -0.4 is 0 Å². The monoisotopic (exact) mass is 348 g/mol. The number of allylic oxidation sites excluding steroid dienone is 2. The zero-order valence-electron chi connectivity index (χ0n) is 14.8. The van der Waals surface area contributed by atoms with E-state index in [4.69, 9.17) is 9.47 Å². The zero-order chi connectivity index (χ0) is 18.7. The van der Waals surface area contributed by atoms with Gasteiger partial charge in [0, 0.05) is 43.7 Å². The van der Waals surface area contributed by atoms with E-state index in [1.54, 1.807) is 19.0 Å². The Morgan fingerprint density at radius 3 is 2.40 bits per heavy atom. The highest BCUT2D eigenvalue weighted by Crippen LogP contribution is 2.44. The molecule has 0 spiro atoms. The maximum Gasteiger partial charge on any atom is 0.304 e. The van der Waals surface area contributed by atoms with E-state index >= 15 is 0 Å². The van der Waals surface area contributed by atoms with E-state index in [0.29, 0.717) is 5.57 Å². The number of ketones is 2. The lowest BCUT2D eigenvalue weighted by Gasteiger charge is -2.54. The number of Topliss-reactive ketones (excluding diaryl/α,β-unsaturated/α-hetero) is 2. The van der Waals surface area contributed by atoms with Gasteiger partial charge in [-0.3, -0.25) is 24.1 Å². The normalized spacial score (nSPS) is 29.9. The van der Waals surface area contributed by atoms with Gasteiger partial charge in [-0.15, -0.1) is 0 Å². The van der Waals surface area contributed by atoms with Crippen LogP contribution in [-0.4, -0.2) is 72.8 Å². The fourth-order valence-corrected chi connectivity index (χ4v) is 3.94. The molecule has 0 radical (unpaired) electrons. The van der Waals surface area contributed by atoms with Gasteiger partial charge in [0.05, 0.1) is 13.2 Å². The fourth-order valence-electron chi connectivity index (χ4n) is 3.94. The van der Waals surface area contributed by atoms with Crippen molar-refractivity contribution in [1.82, 2.24) is 9.80 Å². The molecule has 0 saturated carbocycles. The van der Waals surface area contributed by atoms with Crippen LogP contribution in [0.4, 0.5) is 0 Å². The molecule has 3 rings (SSSR count). The third-order valence-electron chi connectivity index (χ3n) is 5.16. The first kappa shape index (κ1) is 17.3. The van der Waals surface area contributed by atoms with Gasteiger partial charge in [-0.2, -0.15) is 0 Å². The molecule has 2 aliphatic heterocycles. The number of esters is 1. The minimum Gasteiger partial charge on any atom is -0.492 e. The van der Waals surface area contributed by atoms with Crippen molar-refractivity contribution in [3.63, 3.8) is 0 Å². The van der Waals surface area contributed by atoms with E-state index in [1.807, 2.05) is 0 Å². The van der Waals surface area contributed by atoms with Gasteiger partial charge < -0.3 is 14.4 Å². The molecule has 8 nitrogen and oxygen atoms in total. The Hall–Kier alpha value is -2.48. The Balaban J connectivity index is 2.21. The highest BCUT2D eigenvalue weighted by molar-refractivity contribution is 6.25. The average Bonchev–Trinajstić information content (AvgIpc) is 2.54. The summed E-state index contributed by atoms with van der Waals surface area (Å²) in [5.41, 5.74) is -0.859. The average molecular weight is 348 g/mol. The number of rotatable bonds is 2. The lowest BCUT2D eigenvalue weighted by molar-refractivity contribution is -0.209. The number of methoxy groups -OCH3 is 1. The minimum atomic E-state index is -1.61. The number of hydrogen-bond acceptors (Lipinski definition) is 7. The van der Waals surface area contributed by atoms with Gasteiger partial charge in [0.2, 0.25) is 11.5 Å². The summed E-state index contributed by atoms with van der Waals surface area (Å²) < 4.78 is 10.6. The molecule has 1 amide bonds. The van der Waals surface area contributed by atoms with Crippen molar-refractivity contribution in [2.24, 2.45) is 0 Å². The summed E-state index contributed by atoms with van der Waals surface area (Å²) in [6, 6.07) is -0.555. The predicted molar refractivity (Wildman–Crippen MR) is 85.1 cm³/mol. The second-order valence-corrected chi connectivity index (χ2v) is 6.58. The summed E-state index contributed by atoms with van der Waals surface area (Å²) in [5.74, 6) is -1.72. The highest BCUT2D eigenvalue weighted by atomic mass is 16.6. The van der Waals surface area contributed by atoms with Crippen LogP contribution in [0, 0.1) is 0 Å². The fraction of sp³-hybridized carbons (Fsp3) is 0.529. The molecule has 134 valence electrons. The molecule has 1 saturated heterocycles. The molecule has 0 N–H and O–H groups in total. The van der Waals surface area contributed by atoms with E-state index in [-0.39, 0.29) is 41.4 Å². The quantitative estimate of drug-likeness (QED) is 0.503. The number of amides is 1. The molecule has 8 heteroatoms. The van der Waals surface area contributed by atoms with Crippen molar-refractivity contribution in [1.29, 1.82) is 0 Å². The lowest BCUT2D eigenvalue weighted by atomic mass is 9.75. The Kier molecular flexibility index (Phi) is 3.83. The Morgan fingerprint density at radius 1 is 1.20 bits per heavy atom. The van der Waals surface area contributed by atoms with Gasteiger partial charge in [0.1, 0.15) is 0 Å². The molecule has 0 unspecified atom stereocenters. The Morgan fingerprint density at radius 2 is 1.84 bits per heavy atom. The molecule has 0 aromatic heterocycles. The third-order valence-corrected chi connectivity index (χ3v) is 5.16. The van der Waals surface area contributed by atoms with Crippen LogP contribution in [0.25, 0.3) is 0 Å². The van der Waals surface area contributed by atoms with Crippen molar-refractivity contribution in [3.8, 4) is 0 Å². The van der Waals surface area contributed by atoms with E-state index in [1.165, 1.54) is 25.9 Å². The molecule has 2 bridgehead atoms. The number of fused-ring (bicyclic) bond motifs is 3. The largest absolute Gasteiger partial charge is 0.492 e. The summed E-state index contributed by atoms with van der Waals surface area (Å²) in [7, 11) is 4.55. The van der Waals surface area contributed by atoms with Crippen LogP contribution in [0.3, 0.4) is 0 Å². The first-order valence-corrected chi connectivity index (χ1v) is 7.91. The predicted octanol–water partition coefficient (Wildman–Crippen LogP) is -0.209. The molecular formula is C17H20N2O6. The standard InChI is InChI=1S/C17H20N2O6/c1-8-13(21)10-6-17(25-9(2)20)16(23)18(3)7-11(19(17)4)12(10)14(22)15(8)24-5/h11H,6-7H2,1-5H3/t11-,17+/m0/s1. The van der Waals surface area contributed by atoms with E-state index < -0.39 is 23.6 Å². The van der Waals surface area contributed by atoms with Crippen molar-refractivity contribution in [2.45, 2.75) is 32.0 Å². The molecule has 2 atom stereocenters. The second-order valence-electron chi connectivity index (χ2n) is 6.58.